The number of halogens is 1. The summed E-state index contributed by atoms with van der Waals surface area (Å²) in [5, 5.41) is 3.40. The Bertz CT molecular complexity index is 1520. The van der Waals surface area contributed by atoms with E-state index in [1.807, 2.05) is 24.3 Å². The lowest BCUT2D eigenvalue weighted by atomic mass is 9.89. The number of sulfone groups is 1. The molecule has 0 spiro atoms. The molecule has 0 saturated carbocycles. The number of anilines is 1. The Morgan fingerprint density at radius 3 is 2.51 bits per heavy atom. The first-order chi connectivity index (χ1) is 19.6. The molecule has 0 saturated heterocycles. The molecule has 0 amide bonds. The zero-order valence-electron chi connectivity index (χ0n) is 23.8. The lowest BCUT2D eigenvalue weighted by Gasteiger charge is -2.28. The van der Waals surface area contributed by atoms with E-state index in [1.165, 1.54) is 31.6 Å². The standard InChI is InChI=1S/C32H36FNO6S/c1-5-21-16-26(39-13-8-14-41(4,36)37)17-22(6-2)32(21)25-10-7-9-24(15-25)29-20-40-30-18-23(11-12-31(35)38-3)27(33)19-28(30)34-29/h7,9-12,15-19,29,34H,5-6,8,13-14,20H2,1-4H3. The van der Waals surface area contributed by atoms with Crippen LogP contribution in [0.2, 0.25) is 0 Å². The van der Waals surface area contributed by atoms with Gasteiger partial charge >= 0.3 is 5.97 Å². The molecule has 1 atom stereocenters. The average Bonchev–Trinajstić information content (AvgIpc) is 2.96. The van der Waals surface area contributed by atoms with Crippen molar-refractivity contribution in [3.63, 3.8) is 0 Å². The van der Waals surface area contributed by atoms with Gasteiger partial charge in [0.1, 0.15) is 33.8 Å². The minimum atomic E-state index is -3.02. The summed E-state index contributed by atoms with van der Waals surface area (Å²) in [5.41, 5.74) is 6.30. The van der Waals surface area contributed by atoms with Crippen molar-refractivity contribution >= 4 is 27.6 Å². The van der Waals surface area contributed by atoms with Gasteiger partial charge in [0.25, 0.3) is 0 Å². The molecule has 41 heavy (non-hydrogen) atoms. The zero-order valence-corrected chi connectivity index (χ0v) is 24.6. The number of nitrogens with one attached hydrogen (secondary N) is 1. The molecular weight excluding hydrogens is 545 g/mol. The molecule has 1 unspecified atom stereocenters. The molecule has 1 aliphatic rings. The van der Waals surface area contributed by atoms with Crippen LogP contribution in [0.4, 0.5) is 10.1 Å². The van der Waals surface area contributed by atoms with Crippen molar-refractivity contribution < 1.29 is 31.8 Å². The average molecular weight is 582 g/mol. The van der Waals surface area contributed by atoms with E-state index in [2.05, 4.69) is 36.0 Å². The van der Waals surface area contributed by atoms with Gasteiger partial charge in [-0.2, -0.15) is 0 Å². The number of rotatable bonds is 11. The van der Waals surface area contributed by atoms with Gasteiger partial charge in [-0.15, -0.1) is 0 Å². The maximum Gasteiger partial charge on any atom is 0.330 e. The molecule has 3 aromatic carbocycles. The second kappa shape index (κ2) is 13.2. The van der Waals surface area contributed by atoms with Crippen LogP contribution in [0.15, 0.2) is 54.6 Å². The normalized spacial score (nSPS) is 14.7. The van der Waals surface area contributed by atoms with E-state index in [4.69, 9.17) is 9.47 Å². The van der Waals surface area contributed by atoms with Crippen LogP contribution in [0, 0.1) is 5.82 Å². The van der Waals surface area contributed by atoms with Crippen LogP contribution in [-0.2, 0) is 32.2 Å². The van der Waals surface area contributed by atoms with E-state index >= 15 is 0 Å². The molecule has 7 nitrogen and oxygen atoms in total. The molecule has 0 aromatic heterocycles. The lowest BCUT2D eigenvalue weighted by molar-refractivity contribution is -0.134. The Labute approximate surface area is 241 Å². The summed E-state index contributed by atoms with van der Waals surface area (Å²) in [5.74, 6) is 0.312. The summed E-state index contributed by atoms with van der Waals surface area (Å²) in [6, 6.07) is 15.1. The fourth-order valence-electron chi connectivity index (χ4n) is 4.91. The maximum absolute atomic E-state index is 14.8. The third-order valence-corrected chi connectivity index (χ3v) is 8.01. The van der Waals surface area contributed by atoms with Gasteiger partial charge in [-0.05, 0) is 77.4 Å². The molecule has 0 fully saturated rings. The monoisotopic (exact) mass is 581 g/mol. The van der Waals surface area contributed by atoms with Crippen LogP contribution in [0.25, 0.3) is 17.2 Å². The van der Waals surface area contributed by atoms with Crippen LogP contribution >= 0.6 is 0 Å². The minimum Gasteiger partial charge on any atom is -0.494 e. The number of hydrogen-bond acceptors (Lipinski definition) is 7. The van der Waals surface area contributed by atoms with Crippen LogP contribution in [0.5, 0.6) is 11.5 Å². The van der Waals surface area contributed by atoms with Crippen molar-refractivity contribution in [3.05, 3.63) is 82.7 Å². The van der Waals surface area contributed by atoms with E-state index in [0.717, 1.165) is 46.4 Å². The number of methoxy groups -OCH3 is 1. The van der Waals surface area contributed by atoms with Gasteiger partial charge in [0.05, 0.1) is 31.2 Å². The molecule has 1 heterocycles. The van der Waals surface area contributed by atoms with E-state index in [1.54, 1.807) is 6.07 Å². The summed E-state index contributed by atoms with van der Waals surface area (Å²) < 4.78 is 54.1. The second-order valence-corrected chi connectivity index (χ2v) is 12.3. The third-order valence-electron chi connectivity index (χ3n) is 6.98. The summed E-state index contributed by atoms with van der Waals surface area (Å²) >= 11 is 0. The number of benzene rings is 3. The summed E-state index contributed by atoms with van der Waals surface area (Å²) in [6.07, 6.45) is 5.82. The molecule has 9 heteroatoms. The Balaban J connectivity index is 1.56. The van der Waals surface area contributed by atoms with Crippen molar-refractivity contribution in [2.45, 2.75) is 39.2 Å². The molecule has 1 N–H and O–H groups in total. The Kier molecular flexibility index (Phi) is 9.70. The highest BCUT2D eigenvalue weighted by atomic mass is 32.2. The first-order valence-corrected chi connectivity index (χ1v) is 15.7. The summed E-state index contributed by atoms with van der Waals surface area (Å²) in [7, 11) is -1.75. The number of ether oxygens (including phenoxy) is 3. The van der Waals surface area contributed by atoms with Crippen LogP contribution < -0.4 is 14.8 Å². The molecule has 0 aliphatic carbocycles. The first-order valence-electron chi connectivity index (χ1n) is 13.7. The van der Waals surface area contributed by atoms with Crippen molar-refractivity contribution in [3.8, 4) is 22.6 Å². The number of carbonyl (C=O) groups excluding carboxylic acids is 1. The van der Waals surface area contributed by atoms with Gasteiger partial charge in [-0.1, -0.05) is 32.0 Å². The quantitative estimate of drug-likeness (QED) is 0.165. The van der Waals surface area contributed by atoms with Crippen molar-refractivity contribution in [2.75, 3.05) is 37.6 Å². The number of fused-ring (bicyclic) bond motifs is 1. The topological polar surface area (TPSA) is 90.9 Å². The SMILES string of the molecule is CCc1cc(OCCCS(C)(=O)=O)cc(CC)c1-c1cccc(C2COc3cc(C=CC(=O)OC)c(F)cc3N2)c1. The number of esters is 1. The molecular formula is C32H36FNO6S. The first kappa shape index (κ1) is 30.1. The van der Waals surface area contributed by atoms with Crippen molar-refractivity contribution in [1.82, 2.24) is 0 Å². The molecule has 218 valence electrons. The Morgan fingerprint density at radius 2 is 1.85 bits per heavy atom. The predicted molar refractivity (Wildman–Crippen MR) is 160 cm³/mol. The fraction of sp³-hybridized carbons (Fsp3) is 0.344. The largest absolute Gasteiger partial charge is 0.494 e. The molecule has 3 aromatic rings. The van der Waals surface area contributed by atoms with E-state index in [9.17, 15) is 17.6 Å². The number of hydrogen-bond donors (Lipinski definition) is 1. The molecule has 0 radical (unpaired) electrons. The van der Waals surface area contributed by atoms with E-state index in [-0.39, 0.29) is 17.4 Å². The van der Waals surface area contributed by atoms with Crippen LogP contribution in [-0.4, -0.2) is 46.7 Å². The van der Waals surface area contributed by atoms with Crippen LogP contribution in [0.1, 0.15) is 48.6 Å². The lowest BCUT2D eigenvalue weighted by Crippen LogP contribution is -2.24. The van der Waals surface area contributed by atoms with Crippen molar-refractivity contribution in [2.24, 2.45) is 0 Å². The van der Waals surface area contributed by atoms with Gasteiger partial charge in [0.15, 0.2) is 0 Å². The molecule has 1 aliphatic heterocycles. The number of aryl methyl sites for hydroxylation is 2. The van der Waals surface area contributed by atoms with Gasteiger partial charge in [0.2, 0.25) is 0 Å². The predicted octanol–water partition coefficient (Wildman–Crippen LogP) is 6.16. The Hall–Kier alpha value is -3.85. The minimum absolute atomic E-state index is 0.1000. The van der Waals surface area contributed by atoms with Gasteiger partial charge in [0, 0.05) is 24.0 Å². The highest BCUT2D eigenvalue weighted by Crippen LogP contribution is 2.38. The highest BCUT2D eigenvalue weighted by Gasteiger charge is 2.23. The summed E-state index contributed by atoms with van der Waals surface area (Å²) in [4.78, 5) is 11.4. The molecule has 4 rings (SSSR count). The molecule has 0 bridgehead atoms. The van der Waals surface area contributed by atoms with Gasteiger partial charge in [-0.25, -0.2) is 17.6 Å². The number of carbonyl (C=O) groups is 1. The zero-order chi connectivity index (χ0) is 29.6. The highest BCUT2D eigenvalue weighted by molar-refractivity contribution is 7.90. The van der Waals surface area contributed by atoms with E-state index < -0.39 is 21.6 Å². The fourth-order valence-corrected chi connectivity index (χ4v) is 5.55. The second-order valence-electron chi connectivity index (χ2n) is 10.0. The smallest absolute Gasteiger partial charge is 0.330 e. The maximum atomic E-state index is 14.8. The van der Waals surface area contributed by atoms with Crippen molar-refractivity contribution in [1.29, 1.82) is 0 Å². The summed E-state index contributed by atoms with van der Waals surface area (Å²) in [6.45, 7) is 4.90. The Morgan fingerprint density at radius 1 is 1.12 bits per heavy atom. The van der Waals surface area contributed by atoms with Gasteiger partial charge in [-0.3, -0.25) is 0 Å². The third kappa shape index (κ3) is 7.67. The van der Waals surface area contributed by atoms with Crippen LogP contribution in [0.3, 0.4) is 0 Å². The van der Waals surface area contributed by atoms with Gasteiger partial charge < -0.3 is 19.5 Å². The van der Waals surface area contributed by atoms with E-state index in [0.29, 0.717) is 31.1 Å².